The number of nitrogens with zero attached hydrogens (tertiary/aromatic N) is 2. The molecule has 3 aliphatic heterocycles. The maximum absolute atomic E-state index is 13.1. The minimum absolute atomic E-state index is 0.0961. The highest BCUT2D eigenvalue weighted by Crippen LogP contribution is 2.57. The second-order valence-electron chi connectivity index (χ2n) is 8.15. The second-order valence-corrected chi connectivity index (χ2v) is 11.4. The zero-order valence-electron chi connectivity index (χ0n) is 15.1. The van der Waals surface area contributed by atoms with Crippen LogP contribution in [-0.4, -0.2) is 37.3 Å². The van der Waals surface area contributed by atoms with E-state index >= 15 is 0 Å². The summed E-state index contributed by atoms with van der Waals surface area (Å²) in [6.45, 7) is 7.06. The Bertz CT molecular complexity index is 905. The molecule has 0 saturated carbocycles. The van der Waals surface area contributed by atoms with Gasteiger partial charge < -0.3 is 4.90 Å². The van der Waals surface area contributed by atoms with Crippen molar-refractivity contribution in [3.63, 3.8) is 0 Å². The Morgan fingerprint density at radius 1 is 1.15 bits per heavy atom. The number of hydrogen-bond acceptors (Lipinski definition) is 3. The Labute approximate surface area is 164 Å². The molecule has 1 unspecified atom stereocenters. The fourth-order valence-corrected chi connectivity index (χ4v) is 6.64. The van der Waals surface area contributed by atoms with Crippen molar-refractivity contribution in [2.24, 2.45) is 0 Å². The Morgan fingerprint density at radius 3 is 2.38 bits per heavy atom. The fraction of sp³-hybridized carbons (Fsp3) is 0.611. The molecule has 3 aliphatic rings. The molecular weight excluding hydrogens is 395 g/mol. The molecule has 1 aromatic carbocycles. The SMILES string of the molecule is CC1CC(C)(C)N2C(=O)C(Cl)(Cl)c3cc(S(=O)(=O)N4CCCC4)cc1c32. The van der Waals surface area contributed by atoms with Gasteiger partial charge in [-0.3, -0.25) is 4.79 Å². The number of amides is 1. The molecule has 8 heteroatoms. The molecule has 1 fully saturated rings. The normalized spacial score (nSPS) is 27.0. The number of sulfonamides is 1. The topological polar surface area (TPSA) is 57.7 Å². The van der Waals surface area contributed by atoms with Gasteiger partial charge in [0.15, 0.2) is 0 Å². The van der Waals surface area contributed by atoms with E-state index in [1.807, 2.05) is 20.8 Å². The number of rotatable bonds is 2. The Hall–Kier alpha value is -0.820. The van der Waals surface area contributed by atoms with E-state index in [1.165, 1.54) is 10.4 Å². The van der Waals surface area contributed by atoms with Gasteiger partial charge >= 0.3 is 0 Å². The highest BCUT2D eigenvalue weighted by atomic mass is 35.5. The number of carbonyl (C=O) groups excluding carboxylic acids is 1. The molecule has 0 aromatic heterocycles. The monoisotopic (exact) mass is 416 g/mol. The van der Waals surface area contributed by atoms with E-state index < -0.39 is 25.8 Å². The largest absolute Gasteiger partial charge is 0.303 e. The van der Waals surface area contributed by atoms with Crippen LogP contribution in [0.3, 0.4) is 0 Å². The van der Waals surface area contributed by atoms with Crippen LogP contribution in [0.15, 0.2) is 17.0 Å². The zero-order chi connectivity index (χ0) is 19.1. The Balaban J connectivity index is 1.96. The van der Waals surface area contributed by atoms with Crippen LogP contribution in [-0.2, 0) is 19.2 Å². The van der Waals surface area contributed by atoms with Gasteiger partial charge in [-0.15, -0.1) is 0 Å². The van der Waals surface area contributed by atoms with Crippen LogP contribution in [0.2, 0.25) is 0 Å². The first-order chi connectivity index (χ1) is 12.0. The number of alkyl halides is 2. The third-order valence-electron chi connectivity index (χ3n) is 5.79. The number of halogens is 2. The minimum atomic E-state index is -3.62. The summed E-state index contributed by atoms with van der Waals surface area (Å²) in [6.07, 6.45) is 2.44. The standard InChI is InChI=1S/C18H22Cl2N2O3S/c1-11-10-17(2,3)22-15-13(11)8-12(9-14(15)18(19,20)16(22)23)26(24,25)21-6-4-5-7-21/h8-9,11H,4-7,10H2,1-3H3. The van der Waals surface area contributed by atoms with E-state index in [-0.39, 0.29) is 10.8 Å². The third-order valence-corrected chi connectivity index (χ3v) is 8.40. The molecule has 4 rings (SSSR count). The molecular formula is C18H22Cl2N2O3S. The summed E-state index contributed by atoms with van der Waals surface area (Å²) >= 11 is 12.9. The lowest BCUT2D eigenvalue weighted by Crippen LogP contribution is -2.51. The maximum Gasteiger partial charge on any atom is 0.268 e. The van der Waals surface area contributed by atoms with E-state index in [2.05, 4.69) is 0 Å². The van der Waals surface area contributed by atoms with Crippen molar-refractivity contribution >= 4 is 44.8 Å². The molecule has 5 nitrogen and oxygen atoms in total. The second kappa shape index (κ2) is 5.60. The highest BCUT2D eigenvalue weighted by Gasteiger charge is 2.56. The van der Waals surface area contributed by atoms with Gasteiger partial charge in [-0.2, -0.15) is 4.31 Å². The molecule has 0 spiro atoms. The molecule has 142 valence electrons. The van der Waals surface area contributed by atoms with Crippen LogP contribution in [0.4, 0.5) is 5.69 Å². The van der Waals surface area contributed by atoms with Crippen LogP contribution >= 0.6 is 23.2 Å². The number of hydrogen-bond donors (Lipinski definition) is 0. The van der Waals surface area contributed by atoms with Crippen molar-refractivity contribution in [3.05, 3.63) is 23.3 Å². The summed E-state index contributed by atoms with van der Waals surface area (Å²) in [6, 6.07) is 3.21. The summed E-state index contributed by atoms with van der Waals surface area (Å²) in [5.41, 5.74) is 1.47. The van der Waals surface area contributed by atoms with Gasteiger partial charge in [-0.1, -0.05) is 30.1 Å². The maximum atomic E-state index is 13.1. The first-order valence-electron chi connectivity index (χ1n) is 8.89. The molecule has 1 atom stereocenters. The smallest absolute Gasteiger partial charge is 0.268 e. The van der Waals surface area contributed by atoms with Crippen molar-refractivity contribution in [3.8, 4) is 0 Å². The average molecular weight is 417 g/mol. The first kappa shape index (κ1) is 18.5. The lowest BCUT2D eigenvalue weighted by molar-refractivity contribution is -0.119. The zero-order valence-corrected chi connectivity index (χ0v) is 17.4. The van der Waals surface area contributed by atoms with Crippen molar-refractivity contribution in [1.82, 2.24) is 4.31 Å². The van der Waals surface area contributed by atoms with E-state index in [4.69, 9.17) is 23.2 Å². The van der Waals surface area contributed by atoms with E-state index in [0.29, 0.717) is 30.8 Å². The Morgan fingerprint density at radius 2 is 1.77 bits per heavy atom. The number of benzene rings is 1. The quantitative estimate of drug-likeness (QED) is 0.689. The van der Waals surface area contributed by atoms with E-state index in [1.54, 1.807) is 11.0 Å². The van der Waals surface area contributed by atoms with Crippen LogP contribution in [0, 0.1) is 0 Å². The van der Waals surface area contributed by atoms with Gasteiger partial charge in [0.25, 0.3) is 5.91 Å². The molecule has 26 heavy (non-hydrogen) atoms. The van der Waals surface area contributed by atoms with Crippen LogP contribution < -0.4 is 4.90 Å². The average Bonchev–Trinajstić information content (AvgIpc) is 3.13. The molecule has 1 saturated heterocycles. The van der Waals surface area contributed by atoms with Gasteiger partial charge in [0.1, 0.15) is 0 Å². The predicted molar refractivity (Wildman–Crippen MR) is 102 cm³/mol. The van der Waals surface area contributed by atoms with Gasteiger partial charge in [-0.25, -0.2) is 8.42 Å². The first-order valence-corrected chi connectivity index (χ1v) is 11.1. The van der Waals surface area contributed by atoms with Crippen LogP contribution in [0.25, 0.3) is 0 Å². The number of carbonyl (C=O) groups is 1. The molecule has 0 bridgehead atoms. The van der Waals surface area contributed by atoms with Crippen molar-refractivity contribution < 1.29 is 13.2 Å². The lowest BCUT2D eigenvalue weighted by Gasteiger charge is -2.43. The van der Waals surface area contributed by atoms with Gasteiger partial charge in [-0.05, 0) is 56.7 Å². The van der Waals surface area contributed by atoms with Crippen molar-refractivity contribution in [2.45, 2.75) is 60.7 Å². The van der Waals surface area contributed by atoms with E-state index in [9.17, 15) is 13.2 Å². The molecule has 1 amide bonds. The summed E-state index contributed by atoms with van der Waals surface area (Å²) < 4.78 is 25.9. The fourth-order valence-electron chi connectivity index (χ4n) is 4.61. The minimum Gasteiger partial charge on any atom is -0.303 e. The summed E-state index contributed by atoms with van der Waals surface area (Å²) in [4.78, 5) is 14.8. The third kappa shape index (κ3) is 2.38. The Kier molecular flexibility index (Phi) is 3.99. The molecule has 0 N–H and O–H groups in total. The predicted octanol–water partition coefficient (Wildman–Crippen LogP) is 3.73. The van der Waals surface area contributed by atoms with Gasteiger partial charge in [0.2, 0.25) is 14.4 Å². The lowest BCUT2D eigenvalue weighted by atomic mass is 9.80. The van der Waals surface area contributed by atoms with Gasteiger partial charge in [0, 0.05) is 24.2 Å². The molecule has 1 aromatic rings. The molecule has 3 heterocycles. The van der Waals surface area contributed by atoms with Crippen molar-refractivity contribution in [1.29, 1.82) is 0 Å². The highest BCUT2D eigenvalue weighted by molar-refractivity contribution is 7.89. The molecule has 0 aliphatic carbocycles. The molecule has 0 radical (unpaired) electrons. The van der Waals surface area contributed by atoms with E-state index in [0.717, 1.165) is 18.4 Å². The summed E-state index contributed by atoms with van der Waals surface area (Å²) in [7, 11) is -3.62. The summed E-state index contributed by atoms with van der Waals surface area (Å²) in [5, 5.41) is 0. The van der Waals surface area contributed by atoms with Gasteiger partial charge in [0.05, 0.1) is 10.6 Å². The van der Waals surface area contributed by atoms with Crippen LogP contribution in [0.1, 0.15) is 57.1 Å². The van der Waals surface area contributed by atoms with Crippen LogP contribution in [0.5, 0.6) is 0 Å². The number of anilines is 1. The van der Waals surface area contributed by atoms with Crippen molar-refractivity contribution in [2.75, 3.05) is 18.0 Å². The summed E-state index contributed by atoms with van der Waals surface area (Å²) in [5.74, 6) is -0.302.